The largest absolute Gasteiger partial charge is 0.417 e. The molecule has 2 N–H and O–H groups in total. The highest BCUT2D eigenvalue weighted by Crippen LogP contribution is 2.32. The fourth-order valence-corrected chi connectivity index (χ4v) is 2.04. The van der Waals surface area contributed by atoms with Crippen molar-refractivity contribution in [1.82, 2.24) is 25.2 Å². The van der Waals surface area contributed by atoms with Crippen LogP contribution in [0.15, 0.2) is 17.3 Å². The van der Waals surface area contributed by atoms with E-state index >= 15 is 0 Å². The Kier molecular flexibility index (Phi) is 4.95. The zero-order valence-electron chi connectivity index (χ0n) is 11.9. The van der Waals surface area contributed by atoms with Crippen LogP contribution in [0, 0.1) is 12.3 Å². The molecule has 0 amide bonds. The summed E-state index contributed by atoms with van der Waals surface area (Å²) in [7, 11) is 1.53. The highest BCUT2D eigenvalue weighted by Gasteiger charge is 2.32. The number of nitrogens with zero attached hydrogens (tertiary/aromatic N) is 4. The normalized spacial score (nSPS) is 12.3. The molecule has 122 valence electrons. The van der Waals surface area contributed by atoms with Gasteiger partial charge in [-0.1, -0.05) is 17.5 Å². The zero-order valence-corrected chi connectivity index (χ0v) is 12.7. The van der Waals surface area contributed by atoms with Gasteiger partial charge in [0.05, 0.1) is 23.7 Å². The molecule has 0 radical (unpaired) electrons. The second-order valence-corrected chi connectivity index (χ2v) is 4.77. The molecule has 2 aromatic rings. The van der Waals surface area contributed by atoms with E-state index in [0.717, 1.165) is 12.3 Å². The molecule has 0 spiro atoms. The molecule has 2 aromatic heterocycles. The molecule has 0 aliphatic heterocycles. The molecule has 2 heterocycles. The number of nitrogens with one attached hydrogen (secondary N) is 2. The highest BCUT2D eigenvalue weighted by atomic mass is 35.5. The highest BCUT2D eigenvalue weighted by molar-refractivity contribution is 6.33. The van der Waals surface area contributed by atoms with E-state index in [4.69, 9.17) is 18.0 Å². The van der Waals surface area contributed by atoms with Crippen molar-refractivity contribution in [2.24, 2.45) is 4.99 Å². The minimum atomic E-state index is -4.52. The molecule has 10 heteroatoms. The lowest BCUT2D eigenvalue weighted by Crippen LogP contribution is -2.37. The summed E-state index contributed by atoms with van der Waals surface area (Å²) < 4.78 is 39.8. The molecular formula is C13H12ClF3N6. The molecule has 2 rings (SSSR count). The van der Waals surface area contributed by atoms with Crippen LogP contribution >= 0.6 is 11.6 Å². The smallest absolute Gasteiger partial charge is 0.349 e. The van der Waals surface area contributed by atoms with Gasteiger partial charge >= 0.3 is 6.18 Å². The lowest BCUT2D eigenvalue weighted by atomic mass is 10.3. The zero-order chi connectivity index (χ0) is 17.0. The first-order valence-electron chi connectivity index (χ1n) is 6.35. The quantitative estimate of drug-likeness (QED) is 0.505. The number of hydrogen-bond donors (Lipinski definition) is 2. The Labute approximate surface area is 134 Å². The fraction of sp³-hybridized carbons (Fsp3) is 0.308. The summed E-state index contributed by atoms with van der Waals surface area (Å²) in [5, 5.41) is 13.2. The second-order valence-electron chi connectivity index (χ2n) is 4.37. The minimum Gasteiger partial charge on any atom is -0.349 e. The van der Waals surface area contributed by atoms with E-state index in [1.54, 1.807) is 0 Å². The Morgan fingerprint density at radius 1 is 1.43 bits per heavy atom. The van der Waals surface area contributed by atoms with Gasteiger partial charge in [0, 0.05) is 13.2 Å². The molecule has 0 atom stereocenters. The third-order valence-corrected chi connectivity index (χ3v) is 3.13. The van der Waals surface area contributed by atoms with Crippen molar-refractivity contribution >= 4 is 23.2 Å². The average molecular weight is 345 g/mol. The van der Waals surface area contributed by atoms with Crippen LogP contribution in [0.25, 0.3) is 5.65 Å². The van der Waals surface area contributed by atoms with E-state index in [2.05, 4.69) is 31.7 Å². The topological polar surface area (TPSA) is 66.6 Å². The minimum absolute atomic E-state index is 0.0864. The molecular weight excluding hydrogens is 333 g/mol. The number of halogens is 4. The molecule has 0 saturated carbocycles. The monoisotopic (exact) mass is 344 g/mol. The summed E-state index contributed by atoms with van der Waals surface area (Å²) >= 11 is 5.84. The lowest BCUT2D eigenvalue weighted by Gasteiger charge is -2.10. The molecule has 0 aromatic carbocycles. The summed E-state index contributed by atoms with van der Waals surface area (Å²) in [4.78, 5) is 3.91. The van der Waals surface area contributed by atoms with Crippen molar-refractivity contribution in [3.8, 4) is 12.3 Å². The molecule has 0 unspecified atom stereocenters. The van der Waals surface area contributed by atoms with E-state index in [9.17, 15) is 13.2 Å². The maximum Gasteiger partial charge on any atom is 0.417 e. The van der Waals surface area contributed by atoms with Crippen LogP contribution in [0.4, 0.5) is 13.2 Å². The van der Waals surface area contributed by atoms with Crippen LogP contribution in [-0.4, -0.2) is 34.2 Å². The van der Waals surface area contributed by atoms with Crippen molar-refractivity contribution in [2.45, 2.75) is 12.7 Å². The average Bonchev–Trinajstić information content (AvgIpc) is 2.90. The lowest BCUT2D eigenvalue weighted by molar-refractivity contribution is -0.137. The summed E-state index contributed by atoms with van der Waals surface area (Å²) in [6.07, 6.45) is 1.51. The van der Waals surface area contributed by atoms with Gasteiger partial charge < -0.3 is 10.6 Å². The number of aliphatic imine (C=N–C) groups is 1. The van der Waals surface area contributed by atoms with Gasteiger partial charge in [0.15, 0.2) is 17.4 Å². The van der Waals surface area contributed by atoms with Crippen LogP contribution in [-0.2, 0) is 12.7 Å². The Balaban J connectivity index is 2.28. The standard InChI is InChI=1S/C13H12ClF3N6/c1-3-4-19-12(18-2)20-6-10-21-22-11-9(14)5-8(7-23(10)11)13(15,16)17/h1,5,7H,4,6H2,2H3,(H2,18,19,20). The van der Waals surface area contributed by atoms with Crippen molar-refractivity contribution in [2.75, 3.05) is 13.6 Å². The van der Waals surface area contributed by atoms with Crippen LogP contribution < -0.4 is 10.6 Å². The van der Waals surface area contributed by atoms with Gasteiger partial charge in [-0.15, -0.1) is 16.6 Å². The number of rotatable bonds is 3. The summed E-state index contributed by atoms with van der Waals surface area (Å²) in [6.45, 7) is 0.341. The van der Waals surface area contributed by atoms with E-state index in [-0.39, 0.29) is 29.6 Å². The molecule has 0 saturated heterocycles. The number of guanidine groups is 1. The molecule has 23 heavy (non-hydrogen) atoms. The first-order valence-corrected chi connectivity index (χ1v) is 6.73. The first-order chi connectivity index (χ1) is 10.9. The summed E-state index contributed by atoms with van der Waals surface area (Å²) in [6, 6.07) is 0.816. The van der Waals surface area contributed by atoms with Crippen molar-refractivity contribution in [3.05, 3.63) is 28.7 Å². The van der Waals surface area contributed by atoms with Crippen LogP contribution in [0.3, 0.4) is 0 Å². The Bertz CT molecular complexity index is 774. The molecule has 0 fully saturated rings. The number of pyridine rings is 1. The molecule has 0 bridgehead atoms. The molecule has 0 aliphatic rings. The number of terminal acetylenes is 1. The van der Waals surface area contributed by atoms with E-state index < -0.39 is 11.7 Å². The number of hydrogen-bond acceptors (Lipinski definition) is 3. The van der Waals surface area contributed by atoms with E-state index in [1.807, 2.05) is 0 Å². The van der Waals surface area contributed by atoms with Crippen LogP contribution in [0.2, 0.25) is 5.02 Å². The Morgan fingerprint density at radius 2 is 2.17 bits per heavy atom. The Morgan fingerprint density at radius 3 is 2.78 bits per heavy atom. The van der Waals surface area contributed by atoms with Gasteiger partial charge in [0.1, 0.15) is 0 Å². The van der Waals surface area contributed by atoms with Crippen molar-refractivity contribution < 1.29 is 13.2 Å². The maximum absolute atomic E-state index is 12.9. The number of alkyl halides is 3. The maximum atomic E-state index is 12.9. The Hall–Kier alpha value is -2.47. The molecule has 0 aliphatic carbocycles. The SMILES string of the molecule is C#CCNC(=NC)NCc1nnc2c(Cl)cc(C(F)(F)F)cn12. The van der Waals surface area contributed by atoms with Gasteiger partial charge in [0.2, 0.25) is 0 Å². The fourth-order valence-electron chi connectivity index (χ4n) is 1.79. The second kappa shape index (κ2) is 6.75. The van der Waals surface area contributed by atoms with Crippen molar-refractivity contribution in [3.63, 3.8) is 0 Å². The van der Waals surface area contributed by atoms with Gasteiger partial charge in [-0.3, -0.25) is 9.39 Å². The number of fused-ring (bicyclic) bond motifs is 1. The van der Waals surface area contributed by atoms with E-state index in [0.29, 0.717) is 5.96 Å². The van der Waals surface area contributed by atoms with Gasteiger partial charge in [-0.25, -0.2) is 0 Å². The first kappa shape index (κ1) is 16.9. The van der Waals surface area contributed by atoms with Crippen LogP contribution in [0.5, 0.6) is 0 Å². The summed E-state index contributed by atoms with van der Waals surface area (Å²) in [5.41, 5.74) is -0.742. The predicted octanol–water partition coefficient (Wildman–Crippen LogP) is 1.70. The third-order valence-electron chi connectivity index (χ3n) is 2.85. The predicted molar refractivity (Wildman–Crippen MR) is 80.0 cm³/mol. The number of aromatic nitrogens is 3. The molecule has 6 nitrogen and oxygen atoms in total. The van der Waals surface area contributed by atoms with Crippen molar-refractivity contribution in [1.29, 1.82) is 0 Å². The third kappa shape index (κ3) is 3.84. The van der Waals surface area contributed by atoms with Gasteiger partial charge in [-0.05, 0) is 6.07 Å². The van der Waals surface area contributed by atoms with Crippen LogP contribution in [0.1, 0.15) is 11.4 Å². The van der Waals surface area contributed by atoms with Gasteiger partial charge in [-0.2, -0.15) is 13.2 Å². The van der Waals surface area contributed by atoms with Gasteiger partial charge in [0.25, 0.3) is 0 Å². The van der Waals surface area contributed by atoms with E-state index in [1.165, 1.54) is 11.4 Å². The summed E-state index contributed by atoms with van der Waals surface area (Å²) in [5.74, 6) is 3.01.